The smallest absolute Gasteiger partial charge is 0.222 e. The van der Waals surface area contributed by atoms with Crippen LogP contribution in [-0.4, -0.2) is 28.9 Å². The van der Waals surface area contributed by atoms with Crippen molar-refractivity contribution in [2.24, 2.45) is 0 Å². The third kappa shape index (κ3) is 3.12. The van der Waals surface area contributed by atoms with Crippen molar-refractivity contribution in [3.05, 3.63) is 24.0 Å². The zero-order chi connectivity index (χ0) is 11.2. The number of aryl methyl sites for hydroxylation is 1. The summed E-state index contributed by atoms with van der Waals surface area (Å²) < 4.78 is 0. The zero-order valence-electron chi connectivity index (χ0n) is 9.74. The van der Waals surface area contributed by atoms with Gasteiger partial charge in [-0.05, 0) is 31.4 Å². The van der Waals surface area contributed by atoms with Crippen molar-refractivity contribution in [2.45, 2.75) is 38.5 Å². The van der Waals surface area contributed by atoms with Gasteiger partial charge in [-0.15, -0.1) is 0 Å². The fourth-order valence-corrected chi connectivity index (χ4v) is 2.24. The molecular formula is C13H20N2O. The van der Waals surface area contributed by atoms with Crippen LogP contribution < -0.4 is 0 Å². The highest BCUT2D eigenvalue weighted by atomic mass is 16.2. The number of likely N-dealkylation sites (tertiary alicyclic amines) is 1. The number of hydrogen-bond acceptors (Lipinski definition) is 1. The van der Waals surface area contributed by atoms with Gasteiger partial charge in [-0.2, -0.15) is 0 Å². The van der Waals surface area contributed by atoms with Crippen molar-refractivity contribution in [3.8, 4) is 0 Å². The molecule has 16 heavy (non-hydrogen) atoms. The van der Waals surface area contributed by atoms with E-state index in [1.165, 1.54) is 25.7 Å². The molecule has 1 fully saturated rings. The first-order chi connectivity index (χ1) is 7.86. The van der Waals surface area contributed by atoms with Gasteiger partial charge in [-0.3, -0.25) is 4.79 Å². The molecule has 0 spiro atoms. The molecule has 1 aliphatic rings. The Hall–Kier alpha value is -1.25. The van der Waals surface area contributed by atoms with Gasteiger partial charge >= 0.3 is 0 Å². The molecule has 1 amide bonds. The number of rotatable bonds is 3. The van der Waals surface area contributed by atoms with E-state index >= 15 is 0 Å². The molecule has 2 rings (SSSR count). The van der Waals surface area contributed by atoms with Crippen LogP contribution in [0, 0.1) is 0 Å². The summed E-state index contributed by atoms with van der Waals surface area (Å²) >= 11 is 0. The maximum absolute atomic E-state index is 12.0. The van der Waals surface area contributed by atoms with E-state index in [1.807, 2.05) is 23.2 Å². The van der Waals surface area contributed by atoms with E-state index in [-0.39, 0.29) is 0 Å². The van der Waals surface area contributed by atoms with Crippen LogP contribution in [0.3, 0.4) is 0 Å². The van der Waals surface area contributed by atoms with E-state index in [4.69, 9.17) is 0 Å². The number of hydrogen-bond donors (Lipinski definition) is 1. The largest absolute Gasteiger partial charge is 0.365 e. The second-order valence-electron chi connectivity index (χ2n) is 4.49. The quantitative estimate of drug-likeness (QED) is 0.834. The Morgan fingerprint density at radius 1 is 1.25 bits per heavy atom. The Balaban J connectivity index is 1.78. The molecule has 1 aromatic heterocycles. The van der Waals surface area contributed by atoms with Gasteiger partial charge in [0, 0.05) is 31.4 Å². The van der Waals surface area contributed by atoms with E-state index in [2.05, 4.69) is 4.98 Å². The SMILES string of the molecule is O=C(CCc1ccc[nH]1)N1CCCCCC1. The third-order valence-corrected chi connectivity index (χ3v) is 3.23. The summed E-state index contributed by atoms with van der Waals surface area (Å²) in [7, 11) is 0. The Morgan fingerprint density at radius 3 is 2.62 bits per heavy atom. The maximum atomic E-state index is 12.0. The zero-order valence-corrected chi connectivity index (χ0v) is 9.74. The first-order valence-electron chi connectivity index (χ1n) is 6.26. The van der Waals surface area contributed by atoms with Gasteiger partial charge in [-0.1, -0.05) is 12.8 Å². The van der Waals surface area contributed by atoms with E-state index in [0.29, 0.717) is 12.3 Å². The lowest BCUT2D eigenvalue weighted by molar-refractivity contribution is -0.131. The second-order valence-corrected chi connectivity index (χ2v) is 4.49. The lowest BCUT2D eigenvalue weighted by Gasteiger charge is -2.19. The number of aromatic amines is 1. The highest BCUT2D eigenvalue weighted by Gasteiger charge is 2.14. The van der Waals surface area contributed by atoms with Crippen molar-refractivity contribution in [2.75, 3.05) is 13.1 Å². The second kappa shape index (κ2) is 5.73. The predicted octanol–water partition coefficient (Wildman–Crippen LogP) is 2.35. The highest BCUT2D eigenvalue weighted by Crippen LogP contribution is 2.11. The van der Waals surface area contributed by atoms with E-state index in [1.54, 1.807) is 0 Å². The molecular weight excluding hydrogens is 200 g/mol. The molecule has 0 radical (unpaired) electrons. The van der Waals surface area contributed by atoms with Crippen LogP contribution in [-0.2, 0) is 11.2 Å². The average Bonchev–Trinajstić information content (AvgIpc) is 2.66. The van der Waals surface area contributed by atoms with Crippen LogP contribution in [0.4, 0.5) is 0 Å². The fourth-order valence-electron chi connectivity index (χ4n) is 2.24. The number of H-pyrrole nitrogens is 1. The van der Waals surface area contributed by atoms with Gasteiger partial charge in [0.1, 0.15) is 0 Å². The summed E-state index contributed by atoms with van der Waals surface area (Å²) in [5, 5.41) is 0. The summed E-state index contributed by atoms with van der Waals surface area (Å²) in [6, 6.07) is 4.02. The van der Waals surface area contributed by atoms with Gasteiger partial charge in [0.05, 0.1) is 0 Å². The Morgan fingerprint density at radius 2 is 2.00 bits per heavy atom. The van der Waals surface area contributed by atoms with Crippen LogP contribution in [0.15, 0.2) is 18.3 Å². The summed E-state index contributed by atoms with van der Waals surface area (Å²) in [5.41, 5.74) is 1.16. The standard InChI is InChI=1S/C13H20N2O/c16-13(8-7-12-6-5-9-14-12)15-10-3-1-2-4-11-15/h5-6,9,14H,1-4,7-8,10-11H2. The summed E-state index contributed by atoms with van der Waals surface area (Å²) in [6.07, 6.45) is 8.29. The molecule has 0 unspecified atom stereocenters. The summed E-state index contributed by atoms with van der Waals surface area (Å²) in [4.78, 5) is 17.1. The molecule has 1 N–H and O–H groups in total. The maximum Gasteiger partial charge on any atom is 0.222 e. The molecule has 88 valence electrons. The average molecular weight is 220 g/mol. The van der Waals surface area contributed by atoms with Gasteiger partial charge in [-0.25, -0.2) is 0 Å². The highest BCUT2D eigenvalue weighted by molar-refractivity contribution is 5.76. The van der Waals surface area contributed by atoms with Crippen molar-refractivity contribution < 1.29 is 4.79 Å². The molecule has 3 heteroatoms. The van der Waals surface area contributed by atoms with Crippen LogP contribution in [0.1, 0.15) is 37.8 Å². The van der Waals surface area contributed by atoms with E-state index in [9.17, 15) is 4.79 Å². The Bertz CT molecular complexity index is 311. The Labute approximate surface area is 96.8 Å². The van der Waals surface area contributed by atoms with Gasteiger partial charge in [0.25, 0.3) is 0 Å². The van der Waals surface area contributed by atoms with Crippen molar-refractivity contribution in [1.29, 1.82) is 0 Å². The lowest BCUT2D eigenvalue weighted by atomic mass is 10.2. The predicted molar refractivity (Wildman–Crippen MR) is 64.2 cm³/mol. The van der Waals surface area contributed by atoms with Gasteiger partial charge in [0.2, 0.25) is 5.91 Å². The fraction of sp³-hybridized carbons (Fsp3) is 0.615. The van der Waals surface area contributed by atoms with Crippen molar-refractivity contribution in [1.82, 2.24) is 9.88 Å². The molecule has 0 atom stereocenters. The van der Waals surface area contributed by atoms with Crippen molar-refractivity contribution >= 4 is 5.91 Å². The molecule has 2 heterocycles. The molecule has 3 nitrogen and oxygen atoms in total. The van der Waals surface area contributed by atoms with E-state index in [0.717, 1.165) is 25.2 Å². The first kappa shape index (κ1) is 11.2. The first-order valence-corrected chi connectivity index (χ1v) is 6.26. The molecule has 0 bridgehead atoms. The molecule has 0 aromatic carbocycles. The number of carbonyl (C=O) groups excluding carboxylic acids is 1. The minimum absolute atomic E-state index is 0.316. The third-order valence-electron chi connectivity index (χ3n) is 3.23. The topological polar surface area (TPSA) is 36.1 Å². The molecule has 1 saturated heterocycles. The molecule has 0 saturated carbocycles. The number of nitrogens with zero attached hydrogens (tertiary/aromatic N) is 1. The van der Waals surface area contributed by atoms with Gasteiger partial charge in [0.15, 0.2) is 0 Å². The Kier molecular flexibility index (Phi) is 4.03. The molecule has 0 aliphatic carbocycles. The van der Waals surface area contributed by atoms with Crippen molar-refractivity contribution in [3.63, 3.8) is 0 Å². The number of nitrogens with one attached hydrogen (secondary N) is 1. The molecule has 1 aromatic rings. The minimum Gasteiger partial charge on any atom is -0.365 e. The lowest BCUT2D eigenvalue weighted by Crippen LogP contribution is -2.31. The van der Waals surface area contributed by atoms with Crippen LogP contribution in [0.5, 0.6) is 0 Å². The summed E-state index contributed by atoms with van der Waals surface area (Å²) in [6.45, 7) is 1.92. The van der Waals surface area contributed by atoms with Crippen LogP contribution >= 0.6 is 0 Å². The van der Waals surface area contributed by atoms with Gasteiger partial charge < -0.3 is 9.88 Å². The number of carbonyl (C=O) groups is 1. The summed E-state index contributed by atoms with van der Waals surface area (Å²) in [5.74, 6) is 0.316. The number of amides is 1. The number of aromatic nitrogens is 1. The monoisotopic (exact) mass is 220 g/mol. The molecule has 1 aliphatic heterocycles. The van der Waals surface area contributed by atoms with Crippen LogP contribution in [0.2, 0.25) is 0 Å². The van der Waals surface area contributed by atoms with E-state index < -0.39 is 0 Å². The van der Waals surface area contributed by atoms with Crippen LogP contribution in [0.25, 0.3) is 0 Å². The normalized spacial score (nSPS) is 17.1. The minimum atomic E-state index is 0.316.